The first kappa shape index (κ1) is 12.8. The molecule has 0 aromatic heterocycles. The summed E-state index contributed by atoms with van der Waals surface area (Å²) < 4.78 is 19.3. The topological polar surface area (TPSA) is 21.3 Å². The molecule has 4 heteroatoms. The van der Waals surface area contributed by atoms with Gasteiger partial charge in [0.2, 0.25) is 0 Å². The van der Waals surface area contributed by atoms with Gasteiger partial charge in [-0.3, -0.25) is 0 Å². The van der Waals surface area contributed by atoms with Gasteiger partial charge >= 0.3 is 0 Å². The predicted molar refractivity (Wildman–Crippen MR) is 66.8 cm³/mol. The Hall–Kier alpha value is -0.640. The van der Waals surface area contributed by atoms with E-state index in [-0.39, 0.29) is 16.9 Å². The van der Waals surface area contributed by atoms with Gasteiger partial charge in [-0.05, 0) is 31.9 Å². The molecule has 0 saturated carbocycles. The van der Waals surface area contributed by atoms with Crippen LogP contribution in [0.4, 0.5) is 4.39 Å². The molecule has 2 rings (SSSR count). The second-order valence-electron chi connectivity index (χ2n) is 4.36. The van der Waals surface area contributed by atoms with Crippen molar-refractivity contribution in [2.24, 2.45) is 5.92 Å². The molecule has 0 radical (unpaired) electrons. The third-order valence-electron chi connectivity index (χ3n) is 3.36. The van der Waals surface area contributed by atoms with E-state index < -0.39 is 0 Å². The van der Waals surface area contributed by atoms with Crippen LogP contribution in [0, 0.1) is 11.7 Å². The maximum atomic E-state index is 14.0. The summed E-state index contributed by atoms with van der Waals surface area (Å²) in [5.74, 6) is 0.0988. The highest BCUT2D eigenvalue weighted by Crippen LogP contribution is 2.32. The quantitative estimate of drug-likeness (QED) is 0.898. The molecule has 1 aliphatic rings. The largest absolute Gasteiger partial charge is 0.381 e. The fourth-order valence-corrected chi connectivity index (χ4v) is 2.64. The Morgan fingerprint density at radius 2 is 2.12 bits per heavy atom. The van der Waals surface area contributed by atoms with Crippen molar-refractivity contribution in [3.63, 3.8) is 0 Å². The second-order valence-corrected chi connectivity index (χ2v) is 4.77. The summed E-state index contributed by atoms with van der Waals surface area (Å²) in [7, 11) is 1.86. The molecule has 1 aromatic carbocycles. The molecule has 1 unspecified atom stereocenters. The zero-order valence-corrected chi connectivity index (χ0v) is 10.6. The summed E-state index contributed by atoms with van der Waals surface area (Å²) in [6.45, 7) is 1.51. The van der Waals surface area contributed by atoms with E-state index in [4.69, 9.17) is 16.3 Å². The van der Waals surface area contributed by atoms with Crippen molar-refractivity contribution in [1.82, 2.24) is 5.32 Å². The number of ether oxygens (including phenoxy) is 1. The normalized spacial score (nSPS) is 19.2. The van der Waals surface area contributed by atoms with Crippen LogP contribution in [0.5, 0.6) is 0 Å². The molecule has 1 fully saturated rings. The molecular weight excluding hydrogens is 241 g/mol. The van der Waals surface area contributed by atoms with Crippen LogP contribution in [0.25, 0.3) is 0 Å². The van der Waals surface area contributed by atoms with Crippen molar-refractivity contribution in [2.45, 2.75) is 18.9 Å². The molecular formula is C13H17ClFNO. The van der Waals surface area contributed by atoms with E-state index in [1.54, 1.807) is 18.2 Å². The van der Waals surface area contributed by atoms with E-state index in [1.807, 2.05) is 7.05 Å². The standard InChI is InChI=1S/C13H17ClFNO/c1-16-13(9-5-7-17-8-6-9)10-3-2-4-11(14)12(10)15/h2-4,9,13,16H,5-8H2,1H3. The third kappa shape index (κ3) is 2.79. The minimum absolute atomic E-state index is 0.0117. The SMILES string of the molecule is CNC(c1cccc(Cl)c1F)C1CCOCC1. The van der Waals surface area contributed by atoms with Crippen LogP contribution < -0.4 is 5.32 Å². The van der Waals surface area contributed by atoms with Gasteiger partial charge in [0.05, 0.1) is 5.02 Å². The molecule has 0 bridgehead atoms. The summed E-state index contributed by atoms with van der Waals surface area (Å²) in [5.41, 5.74) is 0.659. The van der Waals surface area contributed by atoms with E-state index >= 15 is 0 Å². The van der Waals surface area contributed by atoms with Gasteiger partial charge in [0.1, 0.15) is 5.82 Å². The van der Waals surface area contributed by atoms with Crippen LogP contribution in [0.2, 0.25) is 5.02 Å². The van der Waals surface area contributed by atoms with Crippen molar-refractivity contribution in [1.29, 1.82) is 0 Å². The molecule has 1 saturated heterocycles. The maximum Gasteiger partial charge on any atom is 0.146 e. The zero-order chi connectivity index (χ0) is 12.3. The molecule has 0 aliphatic carbocycles. The minimum atomic E-state index is -0.306. The average Bonchev–Trinajstić information content (AvgIpc) is 2.37. The fourth-order valence-electron chi connectivity index (χ4n) is 2.45. The van der Waals surface area contributed by atoms with E-state index in [9.17, 15) is 4.39 Å². The first-order valence-corrected chi connectivity index (χ1v) is 6.30. The number of halogens is 2. The molecule has 17 heavy (non-hydrogen) atoms. The van der Waals surface area contributed by atoms with E-state index in [2.05, 4.69) is 5.32 Å². The van der Waals surface area contributed by atoms with Gasteiger partial charge in [0.15, 0.2) is 0 Å². The van der Waals surface area contributed by atoms with Crippen LogP contribution in [0.1, 0.15) is 24.4 Å². The predicted octanol–water partition coefficient (Wildman–Crippen LogP) is 3.17. The molecule has 1 heterocycles. The van der Waals surface area contributed by atoms with Crippen LogP contribution >= 0.6 is 11.6 Å². The highest BCUT2D eigenvalue weighted by Gasteiger charge is 2.26. The number of rotatable bonds is 3. The van der Waals surface area contributed by atoms with Gasteiger partial charge in [-0.1, -0.05) is 23.7 Å². The van der Waals surface area contributed by atoms with Gasteiger partial charge in [-0.25, -0.2) is 4.39 Å². The number of benzene rings is 1. The Labute approximate surface area is 106 Å². The molecule has 1 N–H and O–H groups in total. The lowest BCUT2D eigenvalue weighted by Crippen LogP contribution is -2.30. The Balaban J connectivity index is 2.24. The third-order valence-corrected chi connectivity index (χ3v) is 3.66. The number of nitrogens with one attached hydrogen (secondary N) is 1. The van der Waals surface area contributed by atoms with E-state index in [0.29, 0.717) is 11.5 Å². The molecule has 94 valence electrons. The van der Waals surface area contributed by atoms with Crippen molar-refractivity contribution in [3.8, 4) is 0 Å². The van der Waals surface area contributed by atoms with Gasteiger partial charge in [-0.2, -0.15) is 0 Å². The average molecular weight is 258 g/mol. The Morgan fingerprint density at radius 1 is 1.41 bits per heavy atom. The van der Waals surface area contributed by atoms with Gasteiger partial charge < -0.3 is 10.1 Å². The first-order chi connectivity index (χ1) is 8.24. The zero-order valence-electron chi connectivity index (χ0n) is 9.88. The molecule has 1 aromatic rings. The van der Waals surface area contributed by atoms with Crippen LogP contribution in [0.15, 0.2) is 18.2 Å². The molecule has 0 amide bonds. The lowest BCUT2D eigenvalue weighted by atomic mass is 9.87. The van der Waals surface area contributed by atoms with Gasteiger partial charge in [-0.15, -0.1) is 0 Å². The van der Waals surface area contributed by atoms with Crippen molar-refractivity contribution < 1.29 is 9.13 Å². The Kier molecular flexibility index (Phi) is 4.37. The Morgan fingerprint density at radius 3 is 2.76 bits per heavy atom. The second kappa shape index (κ2) is 5.80. The summed E-state index contributed by atoms with van der Waals surface area (Å²) in [5, 5.41) is 3.39. The van der Waals surface area contributed by atoms with Crippen LogP contribution in [0.3, 0.4) is 0 Å². The van der Waals surface area contributed by atoms with Gasteiger partial charge in [0.25, 0.3) is 0 Å². The lowest BCUT2D eigenvalue weighted by molar-refractivity contribution is 0.0542. The smallest absolute Gasteiger partial charge is 0.146 e. The summed E-state index contributed by atoms with van der Waals surface area (Å²) in [4.78, 5) is 0. The lowest BCUT2D eigenvalue weighted by Gasteiger charge is -2.30. The van der Waals surface area contributed by atoms with Crippen molar-refractivity contribution >= 4 is 11.6 Å². The van der Waals surface area contributed by atoms with Crippen LogP contribution in [-0.4, -0.2) is 20.3 Å². The molecule has 1 atom stereocenters. The molecule has 2 nitrogen and oxygen atoms in total. The maximum absolute atomic E-state index is 14.0. The summed E-state index contributed by atoms with van der Waals surface area (Å²) in [6, 6.07) is 5.19. The van der Waals surface area contributed by atoms with E-state index in [0.717, 1.165) is 26.1 Å². The van der Waals surface area contributed by atoms with Gasteiger partial charge in [0, 0.05) is 24.8 Å². The minimum Gasteiger partial charge on any atom is -0.381 e. The number of hydrogen-bond acceptors (Lipinski definition) is 2. The molecule has 0 spiro atoms. The Bertz CT molecular complexity index is 380. The summed E-state index contributed by atoms with van der Waals surface area (Å²) >= 11 is 5.83. The number of hydrogen-bond donors (Lipinski definition) is 1. The summed E-state index contributed by atoms with van der Waals surface area (Å²) in [6.07, 6.45) is 1.91. The molecule has 1 aliphatic heterocycles. The van der Waals surface area contributed by atoms with E-state index in [1.165, 1.54) is 0 Å². The fraction of sp³-hybridized carbons (Fsp3) is 0.538. The highest BCUT2D eigenvalue weighted by molar-refractivity contribution is 6.30. The highest BCUT2D eigenvalue weighted by atomic mass is 35.5. The van der Waals surface area contributed by atoms with Crippen LogP contribution in [-0.2, 0) is 4.74 Å². The van der Waals surface area contributed by atoms with Crippen molar-refractivity contribution in [2.75, 3.05) is 20.3 Å². The first-order valence-electron chi connectivity index (χ1n) is 5.93. The monoisotopic (exact) mass is 257 g/mol. The van der Waals surface area contributed by atoms with Crippen molar-refractivity contribution in [3.05, 3.63) is 34.6 Å².